The van der Waals surface area contributed by atoms with Gasteiger partial charge in [-0.25, -0.2) is 0 Å². The first-order valence-electron chi connectivity index (χ1n) is 6.06. The Morgan fingerprint density at radius 1 is 1.42 bits per heavy atom. The van der Waals surface area contributed by atoms with Crippen LogP contribution in [0.2, 0.25) is 0 Å². The average molecular weight is 344 g/mol. The Labute approximate surface area is 126 Å². The zero-order valence-corrected chi connectivity index (χ0v) is 13.3. The van der Waals surface area contributed by atoms with Crippen molar-refractivity contribution in [2.75, 3.05) is 6.61 Å². The molecule has 1 heterocycles. The van der Waals surface area contributed by atoms with E-state index in [-0.39, 0.29) is 0 Å². The van der Waals surface area contributed by atoms with Gasteiger partial charge in [0.1, 0.15) is 5.75 Å². The number of benzene rings is 1. The Bertz CT molecular complexity index is 569. The highest BCUT2D eigenvalue weighted by atomic mass is 79.9. The van der Waals surface area contributed by atoms with Gasteiger partial charge in [0.25, 0.3) is 0 Å². The van der Waals surface area contributed by atoms with E-state index in [4.69, 9.17) is 16.3 Å². The molecule has 5 heteroatoms. The van der Waals surface area contributed by atoms with E-state index in [2.05, 4.69) is 21.0 Å². The van der Waals surface area contributed by atoms with E-state index >= 15 is 0 Å². The van der Waals surface area contributed by atoms with Gasteiger partial charge in [-0.05, 0) is 30.7 Å². The maximum absolute atomic E-state index is 5.96. The first kappa shape index (κ1) is 14.4. The standard InChI is InChI=1S/C14H16BrClN2O/c1-10-7-12(15)8-11(9-16)14(10)19-6-4-13-3-5-17-18(13)2/h3,5,7-8H,4,6,9H2,1-2H3. The third-order valence-corrected chi connectivity index (χ3v) is 3.73. The number of rotatable bonds is 5. The number of hydrogen-bond acceptors (Lipinski definition) is 2. The van der Waals surface area contributed by atoms with Gasteiger partial charge in [0.2, 0.25) is 0 Å². The summed E-state index contributed by atoms with van der Waals surface area (Å²) in [7, 11) is 1.93. The molecule has 0 spiro atoms. The summed E-state index contributed by atoms with van der Waals surface area (Å²) >= 11 is 9.44. The third kappa shape index (κ3) is 3.51. The largest absolute Gasteiger partial charge is 0.493 e. The summed E-state index contributed by atoms with van der Waals surface area (Å²) in [4.78, 5) is 0. The molecule has 2 aromatic rings. The minimum atomic E-state index is 0.446. The Morgan fingerprint density at radius 3 is 2.84 bits per heavy atom. The summed E-state index contributed by atoms with van der Waals surface area (Å²) < 4.78 is 8.78. The Kier molecular flexibility index (Phi) is 4.88. The minimum absolute atomic E-state index is 0.446. The van der Waals surface area contributed by atoms with Crippen molar-refractivity contribution in [2.45, 2.75) is 19.2 Å². The fraction of sp³-hybridized carbons (Fsp3) is 0.357. The molecule has 0 N–H and O–H groups in total. The maximum Gasteiger partial charge on any atom is 0.126 e. The second kappa shape index (κ2) is 6.44. The monoisotopic (exact) mass is 342 g/mol. The topological polar surface area (TPSA) is 27.1 Å². The predicted molar refractivity (Wildman–Crippen MR) is 80.8 cm³/mol. The maximum atomic E-state index is 5.96. The molecule has 1 aromatic heterocycles. The van der Waals surface area contributed by atoms with Gasteiger partial charge in [0.15, 0.2) is 0 Å². The van der Waals surface area contributed by atoms with E-state index in [9.17, 15) is 0 Å². The fourth-order valence-electron chi connectivity index (χ4n) is 2.01. The number of alkyl halides is 1. The molecule has 0 aliphatic carbocycles. The van der Waals surface area contributed by atoms with Crippen molar-refractivity contribution in [3.05, 3.63) is 45.7 Å². The molecule has 0 radical (unpaired) electrons. The molecular formula is C14H16BrClN2O. The molecular weight excluding hydrogens is 328 g/mol. The van der Waals surface area contributed by atoms with Gasteiger partial charge < -0.3 is 4.74 Å². The van der Waals surface area contributed by atoms with Crippen LogP contribution in [0.3, 0.4) is 0 Å². The van der Waals surface area contributed by atoms with Crippen molar-refractivity contribution in [2.24, 2.45) is 7.05 Å². The molecule has 0 fully saturated rings. The molecule has 0 saturated carbocycles. The first-order chi connectivity index (χ1) is 9.11. The van der Waals surface area contributed by atoms with Crippen molar-refractivity contribution < 1.29 is 4.74 Å². The highest BCUT2D eigenvalue weighted by Gasteiger charge is 2.09. The van der Waals surface area contributed by atoms with Crippen LogP contribution in [0.4, 0.5) is 0 Å². The lowest BCUT2D eigenvalue weighted by atomic mass is 10.1. The fourth-order valence-corrected chi connectivity index (χ4v) is 2.83. The van der Waals surface area contributed by atoms with E-state index in [1.807, 2.05) is 36.9 Å². The van der Waals surface area contributed by atoms with E-state index in [1.54, 1.807) is 6.20 Å². The summed E-state index contributed by atoms with van der Waals surface area (Å²) in [5, 5.41) is 4.14. The number of aromatic nitrogens is 2. The molecule has 2 rings (SSSR count). The van der Waals surface area contributed by atoms with Gasteiger partial charge in [-0.15, -0.1) is 11.6 Å². The van der Waals surface area contributed by atoms with Crippen LogP contribution in [0.1, 0.15) is 16.8 Å². The quantitative estimate of drug-likeness (QED) is 0.771. The summed E-state index contributed by atoms with van der Waals surface area (Å²) in [6, 6.07) is 6.04. The van der Waals surface area contributed by atoms with Crippen molar-refractivity contribution in [3.63, 3.8) is 0 Å². The minimum Gasteiger partial charge on any atom is -0.493 e. The molecule has 0 amide bonds. The highest BCUT2D eigenvalue weighted by Crippen LogP contribution is 2.29. The molecule has 0 aliphatic rings. The SMILES string of the molecule is Cc1cc(Br)cc(CCl)c1OCCc1ccnn1C. The molecule has 0 aliphatic heterocycles. The second-order valence-electron chi connectivity index (χ2n) is 4.39. The van der Waals surface area contributed by atoms with Gasteiger partial charge in [0.05, 0.1) is 12.5 Å². The van der Waals surface area contributed by atoms with Crippen molar-refractivity contribution in [1.29, 1.82) is 0 Å². The van der Waals surface area contributed by atoms with Crippen molar-refractivity contribution in [1.82, 2.24) is 9.78 Å². The molecule has 0 saturated heterocycles. The molecule has 3 nitrogen and oxygen atoms in total. The molecule has 1 aromatic carbocycles. The smallest absolute Gasteiger partial charge is 0.126 e. The van der Waals surface area contributed by atoms with Crippen LogP contribution in [0.25, 0.3) is 0 Å². The van der Waals surface area contributed by atoms with E-state index in [1.165, 1.54) is 0 Å². The van der Waals surface area contributed by atoms with Crippen LogP contribution in [-0.2, 0) is 19.3 Å². The Balaban J connectivity index is 2.05. The van der Waals surface area contributed by atoms with E-state index < -0.39 is 0 Å². The van der Waals surface area contributed by atoms with Gasteiger partial charge in [-0.3, -0.25) is 4.68 Å². The van der Waals surface area contributed by atoms with Gasteiger partial charge in [-0.1, -0.05) is 15.9 Å². The van der Waals surface area contributed by atoms with Crippen LogP contribution >= 0.6 is 27.5 Å². The normalized spacial score (nSPS) is 10.7. The third-order valence-electron chi connectivity index (χ3n) is 2.99. The van der Waals surface area contributed by atoms with Crippen LogP contribution in [0.15, 0.2) is 28.9 Å². The predicted octanol–water partition coefficient (Wildman–Crippen LogP) is 3.85. The van der Waals surface area contributed by atoms with Gasteiger partial charge >= 0.3 is 0 Å². The highest BCUT2D eigenvalue weighted by molar-refractivity contribution is 9.10. The molecule has 102 valence electrons. The lowest BCUT2D eigenvalue weighted by Crippen LogP contribution is -2.07. The zero-order valence-electron chi connectivity index (χ0n) is 11.0. The summed E-state index contributed by atoms with van der Waals surface area (Å²) in [6.45, 7) is 2.64. The summed E-state index contributed by atoms with van der Waals surface area (Å²) in [6.07, 6.45) is 2.62. The van der Waals surface area contributed by atoms with Crippen molar-refractivity contribution in [3.8, 4) is 5.75 Å². The second-order valence-corrected chi connectivity index (χ2v) is 5.57. The first-order valence-corrected chi connectivity index (χ1v) is 7.39. The zero-order chi connectivity index (χ0) is 13.8. The number of ether oxygens (including phenoxy) is 1. The summed E-state index contributed by atoms with van der Waals surface area (Å²) in [5.41, 5.74) is 3.26. The summed E-state index contributed by atoms with van der Waals surface area (Å²) in [5.74, 6) is 1.33. The molecule has 0 bridgehead atoms. The molecule has 0 unspecified atom stereocenters. The molecule has 0 atom stereocenters. The number of halogens is 2. The van der Waals surface area contributed by atoms with Gasteiger partial charge in [0, 0.05) is 35.4 Å². The number of hydrogen-bond donors (Lipinski definition) is 0. The number of nitrogens with zero attached hydrogens (tertiary/aromatic N) is 2. The van der Waals surface area contributed by atoms with Crippen LogP contribution in [0.5, 0.6) is 5.75 Å². The van der Waals surface area contributed by atoms with Gasteiger partial charge in [-0.2, -0.15) is 5.10 Å². The lowest BCUT2D eigenvalue weighted by Gasteiger charge is -2.13. The average Bonchev–Trinajstić information content (AvgIpc) is 2.77. The number of aryl methyl sites for hydroxylation is 2. The van der Waals surface area contributed by atoms with Crippen LogP contribution in [-0.4, -0.2) is 16.4 Å². The van der Waals surface area contributed by atoms with Crippen molar-refractivity contribution >= 4 is 27.5 Å². The lowest BCUT2D eigenvalue weighted by molar-refractivity contribution is 0.314. The molecule has 19 heavy (non-hydrogen) atoms. The Hall–Kier alpha value is -1.00. The van der Waals surface area contributed by atoms with E-state index in [0.29, 0.717) is 12.5 Å². The van der Waals surface area contributed by atoms with E-state index in [0.717, 1.165) is 33.5 Å². The van der Waals surface area contributed by atoms with Crippen LogP contribution < -0.4 is 4.74 Å². The Morgan fingerprint density at radius 2 is 2.21 bits per heavy atom. The van der Waals surface area contributed by atoms with Crippen LogP contribution in [0, 0.1) is 6.92 Å².